The molecular formula is C17H24N2O2. The van der Waals surface area contributed by atoms with Crippen LogP contribution in [-0.4, -0.2) is 26.1 Å². The first-order chi connectivity index (χ1) is 10.3. The van der Waals surface area contributed by atoms with Gasteiger partial charge in [0.2, 0.25) is 5.91 Å². The maximum Gasteiger partial charge on any atom is 0.223 e. The van der Waals surface area contributed by atoms with E-state index in [-0.39, 0.29) is 5.91 Å². The molecule has 0 radical (unpaired) electrons. The van der Waals surface area contributed by atoms with Crippen LogP contribution in [0, 0.1) is 5.92 Å². The summed E-state index contributed by atoms with van der Waals surface area (Å²) in [4.78, 5) is 11.6. The Morgan fingerprint density at radius 2 is 2.14 bits per heavy atom. The summed E-state index contributed by atoms with van der Waals surface area (Å²) in [5.41, 5.74) is 2.77. The molecule has 3 rings (SSSR count). The number of carbonyl (C=O) groups is 1. The van der Waals surface area contributed by atoms with Gasteiger partial charge in [-0.1, -0.05) is 6.07 Å². The first kappa shape index (κ1) is 14.4. The third-order valence-electron chi connectivity index (χ3n) is 4.43. The normalized spacial score (nSPS) is 20.7. The van der Waals surface area contributed by atoms with E-state index in [2.05, 4.69) is 22.8 Å². The van der Waals surface area contributed by atoms with Crippen molar-refractivity contribution in [3.63, 3.8) is 0 Å². The minimum atomic E-state index is 0.227. The van der Waals surface area contributed by atoms with Gasteiger partial charge in [0.1, 0.15) is 5.75 Å². The van der Waals surface area contributed by atoms with E-state index < -0.39 is 0 Å². The SMILES string of the molecule is COc1ccc2c(c1)CCCC2NCCNC(=O)C1CC1. The molecule has 21 heavy (non-hydrogen) atoms. The van der Waals surface area contributed by atoms with Gasteiger partial charge in [0.15, 0.2) is 0 Å². The van der Waals surface area contributed by atoms with Crippen molar-refractivity contribution >= 4 is 5.91 Å². The third kappa shape index (κ3) is 3.56. The van der Waals surface area contributed by atoms with Crippen LogP contribution in [0.15, 0.2) is 18.2 Å². The van der Waals surface area contributed by atoms with Crippen LogP contribution in [0.2, 0.25) is 0 Å². The Kier molecular flexibility index (Phi) is 4.44. The maximum atomic E-state index is 11.6. The monoisotopic (exact) mass is 288 g/mol. The van der Waals surface area contributed by atoms with Crippen LogP contribution in [0.4, 0.5) is 0 Å². The summed E-state index contributed by atoms with van der Waals surface area (Å²) >= 11 is 0. The van der Waals surface area contributed by atoms with E-state index in [0.29, 0.717) is 12.0 Å². The van der Waals surface area contributed by atoms with Gasteiger partial charge in [-0.05, 0) is 55.4 Å². The highest BCUT2D eigenvalue weighted by atomic mass is 16.5. The minimum absolute atomic E-state index is 0.227. The van der Waals surface area contributed by atoms with E-state index in [9.17, 15) is 4.79 Å². The number of hydrogen-bond acceptors (Lipinski definition) is 3. The molecule has 2 aliphatic carbocycles. The highest BCUT2D eigenvalue weighted by Crippen LogP contribution is 2.32. The van der Waals surface area contributed by atoms with Gasteiger partial charge in [0.05, 0.1) is 7.11 Å². The van der Waals surface area contributed by atoms with Crippen LogP contribution in [-0.2, 0) is 11.2 Å². The Morgan fingerprint density at radius 1 is 1.29 bits per heavy atom. The van der Waals surface area contributed by atoms with Crippen molar-refractivity contribution in [2.45, 2.75) is 38.1 Å². The molecule has 1 aromatic carbocycles. The van der Waals surface area contributed by atoms with Gasteiger partial charge in [-0.2, -0.15) is 0 Å². The van der Waals surface area contributed by atoms with E-state index in [1.807, 2.05) is 6.07 Å². The number of nitrogens with one attached hydrogen (secondary N) is 2. The van der Waals surface area contributed by atoms with E-state index in [4.69, 9.17) is 4.74 Å². The molecule has 0 saturated heterocycles. The zero-order valence-electron chi connectivity index (χ0n) is 12.7. The molecule has 0 spiro atoms. The van der Waals surface area contributed by atoms with Crippen LogP contribution in [0.3, 0.4) is 0 Å². The second-order valence-corrected chi connectivity index (χ2v) is 6.03. The number of carbonyl (C=O) groups excluding carboxylic acids is 1. The molecule has 0 bridgehead atoms. The van der Waals surface area contributed by atoms with Crippen LogP contribution < -0.4 is 15.4 Å². The van der Waals surface area contributed by atoms with Crippen molar-refractivity contribution in [2.24, 2.45) is 5.92 Å². The molecule has 1 fully saturated rings. The van der Waals surface area contributed by atoms with Gasteiger partial charge < -0.3 is 15.4 Å². The summed E-state index contributed by atoms with van der Waals surface area (Å²) in [5, 5.41) is 6.58. The number of methoxy groups -OCH3 is 1. The van der Waals surface area contributed by atoms with Gasteiger partial charge in [-0.3, -0.25) is 4.79 Å². The molecule has 4 nitrogen and oxygen atoms in total. The number of benzene rings is 1. The summed E-state index contributed by atoms with van der Waals surface area (Å²) in [5.74, 6) is 1.46. The molecule has 4 heteroatoms. The Balaban J connectivity index is 1.51. The Morgan fingerprint density at radius 3 is 2.90 bits per heavy atom. The van der Waals surface area contributed by atoms with E-state index in [1.165, 1.54) is 17.5 Å². The average molecular weight is 288 g/mol. The Hall–Kier alpha value is -1.55. The van der Waals surface area contributed by atoms with Crippen molar-refractivity contribution < 1.29 is 9.53 Å². The van der Waals surface area contributed by atoms with E-state index in [1.54, 1.807) is 7.11 Å². The second kappa shape index (κ2) is 6.48. The molecule has 2 aliphatic rings. The molecule has 2 N–H and O–H groups in total. The Bertz CT molecular complexity index is 512. The van der Waals surface area contributed by atoms with E-state index in [0.717, 1.165) is 44.5 Å². The van der Waals surface area contributed by atoms with Gasteiger partial charge in [0, 0.05) is 25.0 Å². The number of aryl methyl sites for hydroxylation is 1. The number of ether oxygens (including phenoxy) is 1. The summed E-state index contributed by atoms with van der Waals surface area (Å²) in [6.45, 7) is 1.55. The lowest BCUT2D eigenvalue weighted by atomic mass is 9.87. The zero-order valence-corrected chi connectivity index (χ0v) is 12.7. The summed E-state index contributed by atoms with van der Waals surface area (Å²) in [6.07, 6.45) is 5.62. The van der Waals surface area contributed by atoms with Crippen LogP contribution in [0.25, 0.3) is 0 Å². The van der Waals surface area contributed by atoms with Gasteiger partial charge in [-0.25, -0.2) is 0 Å². The fourth-order valence-electron chi connectivity index (χ4n) is 3.05. The summed E-state index contributed by atoms with van der Waals surface area (Å²) in [7, 11) is 1.71. The topological polar surface area (TPSA) is 50.4 Å². The van der Waals surface area contributed by atoms with Crippen molar-refractivity contribution in [3.05, 3.63) is 29.3 Å². The van der Waals surface area contributed by atoms with E-state index >= 15 is 0 Å². The second-order valence-electron chi connectivity index (χ2n) is 6.03. The highest BCUT2D eigenvalue weighted by molar-refractivity contribution is 5.80. The van der Waals surface area contributed by atoms with Crippen LogP contribution in [0.1, 0.15) is 42.9 Å². The lowest BCUT2D eigenvalue weighted by Gasteiger charge is -2.27. The fourth-order valence-corrected chi connectivity index (χ4v) is 3.05. The van der Waals surface area contributed by atoms with Crippen molar-refractivity contribution in [3.8, 4) is 5.75 Å². The highest BCUT2D eigenvalue weighted by Gasteiger charge is 2.29. The van der Waals surface area contributed by atoms with Crippen LogP contribution in [0.5, 0.6) is 5.75 Å². The third-order valence-corrected chi connectivity index (χ3v) is 4.43. The lowest BCUT2D eigenvalue weighted by Crippen LogP contribution is -2.35. The van der Waals surface area contributed by atoms with Crippen LogP contribution >= 0.6 is 0 Å². The summed E-state index contributed by atoms with van der Waals surface area (Å²) < 4.78 is 5.30. The quantitative estimate of drug-likeness (QED) is 0.789. The predicted octanol–water partition coefficient (Wildman–Crippen LogP) is 2.19. The fraction of sp³-hybridized carbons (Fsp3) is 0.588. The zero-order chi connectivity index (χ0) is 14.7. The van der Waals surface area contributed by atoms with Crippen molar-refractivity contribution in [2.75, 3.05) is 20.2 Å². The molecule has 1 atom stereocenters. The smallest absolute Gasteiger partial charge is 0.223 e. The average Bonchev–Trinajstić information content (AvgIpc) is 3.35. The van der Waals surface area contributed by atoms with Crippen molar-refractivity contribution in [1.82, 2.24) is 10.6 Å². The molecule has 1 aromatic rings. The number of rotatable bonds is 6. The molecule has 1 unspecified atom stereocenters. The molecule has 0 aliphatic heterocycles. The molecule has 1 saturated carbocycles. The largest absolute Gasteiger partial charge is 0.497 e. The van der Waals surface area contributed by atoms with Crippen molar-refractivity contribution in [1.29, 1.82) is 0 Å². The Labute approximate surface area is 126 Å². The first-order valence-electron chi connectivity index (χ1n) is 7.96. The standard InChI is InChI=1S/C17H24N2O2/c1-21-14-7-8-15-13(11-14)3-2-4-16(15)18-9-10-19-17(20)12-5-6-12/h7-8,11-12,16,18H,2-6,9-10H2,1H3,(H,19,20). The first-order valence-corrected chi connectivity index (χ1v) is 7.96. The predicted molar refractivity (Wildman–Crippen MR) is 82.4 cm³/mol. The number of amides is 1. The number of fused-ring (bicyclic) bond motifs is 1. The molecule has 1 amide bonds. The molecule has 114 valence electrons. The minimum Gasteiger partial charge on any atom is -0.497 e. The maximum absolute atomic E-state index is 11.6. The lowest BCUT2D eigenvalue weighted by molar-refractivity contribution is -0.122. The molecule has 0 heterocycles. The summed E-state index contributed by atoms with van der Waals surface area (Å²) in [6, 6.07) is 6.76. The van der Waals surface area contributed by atoms with Gasteiger partial charge >= 0.3 is 0 Å². The molecule has 0 aromatic heterocycles. The van der Waals surface area contributed by atoms with Gasteiger partial charge in [-0.15, -0.1) is 0 Å². The van der Waals surface area contributed by atoms with Gasteiger partial charge in [0.25, 0.3) is 0 Å². The molecular weight excluding hydrogens is 264 g/mol. The number of hydrogen-bond donors (Lipinski definition) is 2.